The highest BCUT2D eigenvalue weighted by atomic mass is 79.9. The minimum atomic E-state index is 0.0583. The van der Waals surface area contributed by atoms with Crippen molar-refractivity contribution in [3.63, 3.8) is 0 Å². The number of hydrogen-bond acceptors (Lipinski definition) is 5. The van der Waals surface area contributed by atoms with Crippen molar-refractivity contribution in [1.29, 1.82) is 0 Å². The molecule has 0 aliphatic carbocycles. The predicted molar refractivity (Wildman–Crippen MR) is 100 cm³/mol. The fourth-order valence-corrected chi connectivity index (χ4v) is 3.75. The number of Topliss-reactive ketones (excluding diaryl/α,β-unsaturated/α-hetero) is 1. The Hall–Kier alpha value is -1.63. The number of furan rings is 1. The number of ketones is 1. The number of nitrogens with zero attached hydrogens (tertiary/aromatic N) is 1. The number of rotatable bonds is 8. The minimum absolute atomic E-state index is 0.0583. The van der Waals surface area contributed by atoms with Crippen LogP contribution in [0.5, 0.6) is 5.75 Å². The van der Waals surface area contributed by atoms with Gasteiger partial charge in [0, 0.05) is 12.1 Å². The van der Waals surface area contributed by atoms with Crippen molar-refractivity contribution in [2.75, 3.05) is 33.3 Å². The van der Waals surface area contributed by atoms with Gasteiger partial charge >= 0.3 is 0 Å². The van der Waals surface area contributed by atoms with Gasteiger partial charge in [-0.2, -0.15) is 0 Å². The zero-order valence-corrected chi connectivity index (χ0v) is 15.9. The Bertz CT molecular complexity index is 697. The molecule has 0 radical (unpaired) electrons. The van der Waals surface area contributed by atoms with Gasteiger partial charge in [0.2, 0.25) is 0 Å². The van der Waals surface area contributed by atoms with Crippen LogP contribution in [0.3, 0.4) is 0 Å². The van der Waals surface area contributed by atoms with Crippen LogP contribution < -0.4 is 10.1 Å². The fourth-order valence-electron chi connectivity index (χ4n) is 3.21. The van der Waals surface area contributed by atoms with Gasteiger partial charge < -0.3 is 14.5 Å². The molecule has 1 aliphatic heterocycles. The molecule has 3 rings (SSSR count). The van der Waals surface area contributed by atoms with E-state index in [9.17, 15) is 4.79 Å². The van der Waals surface area contributed by atoms with Crippen molar-refractivity contribution in [3.8, 4) is 5.75 Å². The maximum Gasteiger partial charge on any atom is 0.176 e. The zero-order chi connectivity index (χ0) is 17.6. The summed E-state index contributed by atoms with van der Waals surface area (Å²) in [5, 5.41) is 3.30. The molecule has 1 aliphatic rings. The van der Waals surface area contributed by atoms with Crippen LogP contribution in [0.25, 0.3) is 0 Å². The fraction of sp³-hybridized carbons (Fsp3) is 0.421. The first-order chi connectivity index (χ1) is 12.2. The number of methoxy groups -OCH3 is 1. The summed E-state index contributed by atoms with van der Waals surface area (Å²) in [4.78, 5) is 14.8. The van der Waals surface area contributed by atoms with E-state index in [0.29, 0.717) is 18.7 Å². The van der Waals surface area contributed by atoms with Gasteiger partial charge in [-0.3, -0.25) is 9.69 Å². The molecule has 0 saturated carbocycles. The molecular formula is C19H23BrN2O3. The number of carbonyl (C=O) groups is 1. The molecule has 1 atom stereocenters. The summed E-state index contributed by atoms with van der Waals surface area (Å²) in [5.74, 6) is 1.73. The summed E-state index contributed by atoms with van der Waals surface area (Å²) >= 11 is 3.42. The Balaban J connectivity index is 1.58. The highest BCUT2D eigenvalue weighted by Crippen LogP contribution is 2.26. The first-order valence-corrected chi connectivity index (χ1v) is 9.33. The highest BCUT2D eigenvalue weighted by Gasteiger charge is 2.25. The third kappa shape index (κ3) is 4.51. The van der Waals surface area contributed by atoms with Crippen LogP contribution in [0, 0.1) is 0 Å². The van der Waals surface area contributed by atoms with Gasteiger partial charge in [0.05, 0.1) is 30.4 Å². The third-order valence-electron chi connectivity index (χ3n) is 4.55. The van der Waals surface area contributed by atoms with E-state index in [1.165, 1.54) is 12.8 Å². The second-order valence-corrected chi connectivity index (χ2v) is 7.03. The summed E-state index contributed by atoms with van der Waals surface area (Å²) in [6.45, 7) is 3.14. The second kappa shape index (κ2) is 8.65. The van der Waals surface area contributed by atoms with E-state index in [1.54, 1.807) is 31.6 Å². The quantitative estimate of drug-likeness (QED) is 0.677. The van der Waals surface area contributed by atoms with E-state index in [1.807, 2.05) is 12.1 Å². The molecule has 2 aromatic rings. The van der Waals surface area contributed by atoms with Gasteiger partial charge in [0.25, 0.3) is 0 Å². The molecule has 1 saturated heterocycles. The molecule has 25 heavy (non-hydrogen) atoms. The van der Waals surface area contributed by atoms with E-state index in [-0.39, 0.29) is 11.8 Å². The lowest BCUT2D eigenvalue weighted by molar-refractivity contribution is 0.0986. The molecule has 1 aromatic carbocycles. The van der Waals surface area contributed by atoms with Crippen molar-refractivity contribution in [3.05, 3.63) is 52.4 Å². The van der Waals surface area contributed by atoms with Gasteiger partial charge in [-0.1, -0.05) is 0 Å². The van der Waals surface area contributed by atoms with Crippen LogP contribution in [-0.4, -0.2) is 44.0 Å². The topological polar surface area (TPSA) is 54.7 Å². The minimum Gasteiger partial charge on any atom is -0.496 e. The van der Waals surface area contributed by atoms with Crippen molar-refractivity contribution >= 4 is 21.7 Å². The lowest BCUT2D eigenvalue weighted by Gasteiger charge is -2.26. The van der Waals surface area contributed by atoms with E-state index in [0.717, 1.165) is 29.1 Å². The normalized spacial score (nSPS) is 16.1. The molecule has 1 aromatic heterocycles. The molecule has 2 heterocycles. The first kappa shape index (κ1) is 18.2. The summed E-state index contributed by atoms with van der Waals surface area (Å²) in [5.41, 5.74) is 0.663. The average molecular weight is 407 g/mol. The van der Waals surface area contributed by atoms with Crippen molar-refractivity contribution in [2.45, 2.75) is 18.9 Å². The monoisotopic (exact) mass is 406 g/mol. The molecule has 1 unspecified atom stereocenters. The van der Waals surface area contributed by atoms with Crippen LogP contribution in [0.1, 0.15) is 35.0 Å². The first-order valence-electron chi connectivity index (χ1n) is 8.54. The lowest BCUT2D eigenvalue weighted by Crippen LogP contribution is -2.36. The summed E-state index contributed by atoms with van der Waals surface area (Å²) in [6.07, 6.45) is 4.14. The van der Waals surface area contributed by atoms with Gasteiger partial charge in [-0.05, 0) is 72.2 Å². The maximum absolute atomic E-state index is 12.4. The van der Waals surface area contributed by atoms with Crippen LogP contribution in [-0.2, 0) is 0 Å². The number of nitrogens with one attached hydrogen (secondary N) is 1. The SMILES string of the molecule is COc1ccc(C(=O)CNCC(c2ccco2)N2CCCC2)cc1Br. The van der Waals surface area contributed by atoms with Crippen molar-refractivity contribution in [1.82, 2.24) is 10.2 Å². The number of carbonyl (C=O) groups excluding carboxylic acids is 1. The van der Waals surface area contributed by atoms with E-state index >= 15 is 0 Å². The zero-order valence-electron chi connectivity index (χ0n) is 14.3. The molecule has 0 amide bonds. The predicted octanol–water partition coefficient (Wildman–Crippen LogP) is 3.66. The van der Waals surface area contributed by atoms with Crippen LogP contribution in [0.2, 0.25) is 0 Å². The van der Waals surface area contributed by atoms with Gasteiger partial charge in [-0.25, -0.2) is 0 Å². The molecule has 6 heteroatoms. The average Bonchev–Trinajstić information content (AvgIpc) is 3.32. The van der Waals surface area contributed by atoms with Crippen LogP contribution in [0.4, 0.5) is 0 Å². The molecular weight excluding hydrogens is 384 g/mol. The Morgan fingerprint density at radius 3 is 2.80 bits per heavy atom. The van der Waals surface area contributed by atoms with Gasteiger partial charge in [0.1, 0.15) is 11.5 Å². The van der Waals surface area contributed by atoms with Crippen molar-refractivity contribution in [2.24, 2.45) is 0 Å². The number of hydrogen-bond donors (Lipinski definition) is 1. The van der Waals surface area contributed by atoms with Gasteiger partial charge in [0.15, 0.2) is 5.78 Å². The lowest BCUT2D eigenvalue weighted by atomic mass is 10.1. The number of halogens is 1. The second-order valence-electron chi connectivity index (χ2n) is 6.18. The van der Waals surface area contributed by atoms with Crippen LogP contribution in [0.15, 0.2) is 45.5 Å². The molecule has 1 N–H and O–H groups in total. The number of likely N-dealkylation sites (tertiary alicyclic amines) is 1. The van der Waals surface area contributed by atoms with E-state index in [4.69, 9.17) is 9.15 Å². The highest BCUT2D eigenvalue weighted by molar-refractivity contribution is 9.10. The summed E-state index contributed by atoms with van der Waals surface area (Å²) < 4.78 is 11.6. The number of benzene rings is 1. The maximum atomic E-state index is 12.4. The Morgan fingerprint density at radius 2 is 2.16 bits per heavy atom. The molecule has 1 fully saturated rings. The summed E-state index contributed by atoms with van der Waals surface area (Å²) in [7, 11) is 1.61. The Morgan fingerprint density at radius 1 is 1.36 bits per heavy atom. The van der Waals surface area contributed by atoms with E-state index in [2.05, 4.69) is 26.1 Å². The molecule has 0 bridgehead atoms. The van der Waals surface area contributed by atoms with Crippen LogP contribution >= 0.6 is 15.9 Å². The Labute approximate surface area is 156 Å². The standard InChI is InChI=1S/C19H23BrN2O3/c1-24-18-7-6-14(11-15(18)20)17(23)13-21-12-16(19-5-4-10-25-19)22-8-2-3-9-22/h4-7,10-11,16,21H,2-3,8-9,12-13H2,1H3. The van der Waals surface area contributed by atoms with Gasteiger partial charge in [-0.15, -0.1) is 0 Å². The smallest absolute Gasteiger partial charge is 0.176 e. The molecule has 0 spiro atoms. The molecule has 134 valence electrons. The van der Waals surface area contributed by atoms with E-state index < -0.39 is 0 Å². The summed E-state index contributed by atoms with van der Waals surface area (Å²) in [6, 6.07) is 9.48. The van der Waals surface area contributed by atoms with Crippen molar-refractivity contribution < 1.29 is 13.9 Å². The molecule has 5 nitrogen and oxygen atoms in total. The number of ether oxygens (including phenoxy) is 1. The third-order valence-corrected chi connectivity index (χ3v) is 5.17. The Kier molecular flexibility index (Phi) is 6.29. The largest absolute Gasteiger partial charge is 0.496 e.